The molecule has 0 unspecified atom stereocenters. The normalized spacial score (nSPS) is 13.8. The Morgan fingerprint density at radius 1 is 1.13 bits per heavy atom. The highest BCUT2D eigenvalue weighted by Crippen LogP contribution is 2.34. The zero-order chi connectivity index (χ0) is 16.6. The van der Waals surface area contributed by atoms with Gasteiger partial charge in [0.1, 0.15) is 0 Å². The predicted molar refractivity (Wildman–Crippen MR) is 79.8 cm³/mol. The average Bonchev–Trinajstić information content (AvgIpc) is 2.53. The molecule has 2 aromatic rings. The second-order valence-electron chi connectivity index (χ2n) is 5.10. The molecule has 23 heavy (non-hydrogen) atoms. The zero-order valence-corrected chi connectivity index (χ0v) is 11.7. The molecule has 0 amide bonds. The second-order valence-corrected chi connectivity index (χ2v) is 5.10. The van der Waals surface area contributed by atoms with Crippen molar-refractivity contribution in [1.82, 2.24) is 0 Å². The van der Waals surface area contributed by atoms with Gasteiger partial charge in [0.2, 0.25) is 0 Å². The van der Waals surface area contributed by atoms with Crippen LogP contribution in [-0.2, 0) is 12.7 Å². The van der Waals surface area contributed by atoms with Gasteiger partial charge in [-0.1, -0.05) is 18.2 Å². The fraction of sp³-hybridized carbons (Fsp3) is 0.125. The summed E-state index contributed by atoms with van der Waals surface area (Å²) in [6, 6.07) is 9.69. The van der Waals surface area contributed by atoms with E-state index in [0.29, 0.717) is 16.8 Å². The number of anilines is 1. The van der Waals surface area contributed by atoms with E-state index in [4.69, 9.17) is 0 Å². The van der Waals surface area contributed by atoms with E-state index < -0.39 is 16.7 Å². The standard InChI is InChI=1S/C16H11F3N2O2/c17-16(18,19)12-4-2-5-13(9-12)20-8-7-14-11(10-20)3-1-6-15(14)21(22)23/h1-9H,10H2. The van der Waals surface area contributed by atoms with E-state index in [-0.39, 0.29) is 12.2 Å². The van der Waals surface area contributed by atoms with Crippen molar-refractivity contribution >= 4 is 17.5 Å². The molecule has 0 bridgehead atoms. The lowest BCUT2D eigenvalue weighted by molar-refractivity contribution is -0.385. The van der Waals surface area contributed by atoms with Crippen LogP contribution in [0.1, 0.15) is 16.7 Å². The smallest absolute Gasteiger partial charge is 0.343 e. The first-order chi connectivity index (χ1) is 10.9. The third-order valence-corrected chi connectivity index (χ3v) is 3.64. The molecule has 2 aromatic carbocycles. The number of nitro groups is 1. The van der Waals surface area contributed by atoms with Crippen molar-refractivity contribution in [3.8, 4) is 0 Å². The number of benzene rings is 2. The minimum Gasteiger partial charge on any atom is -0.343 e. The van der Waals surface area contributed by atoms with Gasteiger partial charge in [-0.15, -0.1) is 0 Å². The molecule has 118 valence electrons. The summed E-state index contributed by atoms with van der Waals surface area (Å²) in [7, 11) is 0. The fourth-order valence-corrected chi connectivity index (χ4v) is 2.53. The summed E-state index contributed by atoms with van der Waals surface area (Å²) in [5.41, 5.74) is 0.823. The Labute approximate surface area is 129 Å². The van der Waals surface area contributed by atoms with E-state index in [2.05, 4.69) is 0 Å². The van der Waals surface area contributed by atoms with Crippen molar-refractivity contribution in [3.05, 3.63) is 75.5 Å². The molecule has 7 heteroatoms. The predicted octanol–water partition coefficient (Wildman–Crippen LogP) is 4.60. The van der Waals surface area contributed by atoms with E-state index >= 15 is 0 Å². The monoisotopic (exact) mass is 320 g/mol. The molecule has 4 nitrogen and oxygen atoms in total. The molecule has 0 atom stereocenters. The fourth-order valence-electron chi connectivity index (χ4n) is 2.53. The summed E-state index contributed by atoms with van der Waals surface area (Å²) in [5, 5.41) is 11.0. The number of nitrogens with zero attached hydrogens (tertiary/aromatic N) is 2. The number of fused-ring (bicyclic) bond motifs is 1. The average molecular weight is 320 g/mol. The molecular weight excluding hydrogens is 309 g/mol. The van der Waals surface area contributed by atoms with E-state index in [0.717, 1.165) is 12.1 Å². The van der Waals surface area contributed by atoms with Crippen LogP contribution < -0.4 is 4.90 Å². The summed E-state index contributed by atoms with van der Waals surface area (Å²) in [6.45, 7) is 0.273. The van der Waals surface area contributed by atoms with Gasteiger partial charge in [-0.2, -0.15) is 13.2 Å². The van der Waals surface area contributed by atoms with Crippen LogP contribution in [0.25, 0.3) is 6.08 Å². The first kappa shape index (κ1) is 15.1. The molecule has 0 saturated heterocycles. The summed E-state index contributed by atoms with van der Waals surface area (Å²) in [4.78, 5) is 12.2. The Kier molecular flexibility index (Phi) is 3.55. The molecule has 0 radical (unpaired) electrons. The molecule has 0 spiro atoms. The van der Waals surface area contributed by atoms with Gasteiger partial charge in [-0.3, -0.25) is 10.1 Å². The number of rotatable bonds is 2. The summed E-state index contributed by atoms with van der Waals surface area (Å²) in [5.74, 6) is 0. The maximum absolute atomic E-state index is 12.8. The molecule has 0 saturated carbocycles. The van der Waals surface area contributed by atoms with Crippen LogP contribution in [0.3, 0.4) is 0 Å². The van der Waals surface area contributed by atoms with Gasteiger partial charge in [0, 0.05) is 24.5 Å². The Bertz CT molecular complexity index is 800. The van der Waals surface area contributed by atoms with Crippen LogP contribution in [0.2, 0.25) is 0 Å². The maximum Gasteiger partial charge on any atom is 0.416 e. The number of hydrogen-bond acceptors (Lipinski definition) is 3. The first-order valence-corrected chi connectivity index (χ1v) is 6.74. The highest BCUT2D eigenvalue weighted by Gasteiger charge is 2.31. The Balaban J connectivity index is 1.96. The van der Waals surface area contributed by atoms with Gasteiger partial charge < -0.3 is 4.90 Å². The van der Waals surface area contributed by atoms with Crippen molar-refractivity contribution in [2.75, 3.05) is 4.90 Å². The highest BCUT2D eigenvalue weighted by molar-refractivity contribution is 5.70. The third-order valence-electron chi connectivity index (χ3n) is 3.64. The lowest BCUT2D eigenvalue weighted by Crippen LogP contribution is -2.20. The van der Waals surface area contributed by atoms with Gasteiger partial charge in [-0.05, 0) is 29.8 Å². The van der Waals surface area contributed by atoms with Crippen molar-refractivity contribution in [1.29, 1.82) is 0 Å². The molecule has 0 aromatic heterocycles. The zero-order valence-electron chi connectivity index (χ0n) is 11.7. The molecule has 0 N–H and O–H groups in total. The van der Waals surface area contributed by atoms with Crippen molar-refractivity contribution in [2.45, 2.75) is 12.7 Å². The van der Waals surface area contributed by atoms with Crippen LogP contribution in [0.5, 0.6) is 0 Å². The summed E-state index contributed by atoms with van der Waals surface area (Å²) >= 11 is 0. The largest absolute Gasteiger partial charge is 0.416 e. The molecule has 1 heterocycles. The van der Waals surface area contributed by atoms with Gasteiger partial charge >= 0.3 is 6.18 Å². The van der Waals surface area contributed by atoms with Crippen LogP contribution in [0.15, 0.2) is 48.7 Å². The quantitative estimate of drug-likeness (QED) is 0.600. The molecule has 0 fully saturated rings. The second kappa shape index (κ2) is 5.42. The third kappa shape index (κ3) is 2.90. The highest BCUT2D eigenvalue weighted by atomic mass is 19.4. The van der Waals surface area contributed by atoms with Crippen LogP contribution in [0.4, 0.5) is 24.5 Å². The molecule has 1 aliphatic heterocycles. The number of hydrogen-bond donors (Lipinski definition) is 0. The maximum atomic E-state index is 12.8. The number of alkyl halides is 3. The molecule has 0 aliphatic carbocycles. The van der Waals surface area contributed by atoms with Gasteiger partial charge in [0.05, 0.1) is 16.1 Å². The topological polar surface area (TPSA) is 46.4 Å². The van der Waals surface area contributed by atoms with Crippen molar-refractivity contribution < 1.29 is 18.1 Å². The minimum atomic E-state index is -4.41. The SMILES string of the molecule is O=[N+]([O-])c1cccc2c1C=CN(c1cccc(C(F)(F)F)c1)C2. The Morgan fingerprint density at radius 3 is 2.57 bits per heavy atom. The number of nitro benzene ring substituents is 1. The summed E-state index contributed by atoms with van der Waals surface area (Å²) in [6.07, 6.45) is -1.30. The van der Waals surface area contributed by atoms with E-state index in [1.807, 2.05) is 0 Å². The van der Waals surface area contributed by atoms with E-state index in [1.165, 1.54) is 12.1 Å². The minimum absolute atomic E-state index is 0.0116. The number of halogens is 3. The first-order valence-electron chi connectivity index (χ1n) is 6.74. The van der Waals surface area contributed by atoms with E-state index in [1.54, 1.807) is 35.4 Å². The Hall–Kier alpha value is -2.83. The lowest BCUT2D eigenvalue weighted by Gasteiger charge is -2.26. The van der Waals surface area contributed by atoms with Gasteiger partial charge in [0.25, 0.3) is 5.69 Å². The van der Waals surface area contributed by atoms with Crippen LogP contribution in [-0.4, -0.2) is 4.92 Å². The van der Waals surface area contributed by atoms with Gasteiger partial charge in [0.15, 0.2) is 0 Å². The van der Waals surface area contributed by atoms with Crippen LogP contribution in [0, 0.1) is 10.1 Å². The van der Waals surface area contributed by atoms with Crippen LogP contribution >= 0.6 is 0 Å². The van der Waals surface area contributed by atoms with E-state index in [9.17, 15) is 23.3 Å². The van der Waals surface area contributed by atoms with Crippen molar-refractivity contribution in [3.63, 3.8) is 0 Å². The molecule has 1 aliphatic rings. The van der Waals surface area contributed by atoms with Gasteiger partial charge in [-0.25, -0.2) is 0 Å². The summed E-state index contributed by atoms with van der Waals surface area (Å²) < 4.78 is 38.4. The molecule has 3 rings (SSSR count). The van der Waals surface area contributed by atoms with Crippen molar-refractivity contribution in [2.24, 2.45) is 0 Å². The molecular formula is C16H11F3N2O2. The lowest BCUT2D eigenvalue weighted by atomic mass is 10.0. The Morgan fingerprint density at radius 2 is 1.87 bits per heavy atom.